The van der Waals surface area contributed by atoms with Crippen molar-refractivity contribution in [3.63, 3.8) is 0 Å². The second-order valence-corrected chi connectivity index (χ2v) is 9.58. The number of hydrogen-bond donors (Lipinski definition) is 1. The van der Waals surface area contributed by atoms with Crippen molar-refractivity contribution in [2.75, 3.05) is 20.3 Å². The number of rotatable bonds is 5. The third kappa shape index (κ3) is 3.03. The van der Waals surface area contributed by atoms with Gasteiger partial charge in [-0.25, -0.2) is 0 Å². The molecule has 2 aliphatic heterocycles. The van der Waals surface area contributed by atoms with E-state index in [9.17, 15) is 4.79 Å². The van der Waals surface area contributed by atoms with Crippen LogP contribution in [0.25, 0.3) is 0 Å². The molecule has 4 fully saturated rings. The first kappa shape index (κ1) is 18.4. The molecule has 2 saturated carbocycles. The standard InChI is InChI=1S/C23H31NO4/c1-22-8-3-9-23(14-27-23)20(22)10-17-18(21(25)28-19(17)11-22)13-24-12-15-4-6-16(26-2)7-5-15/h4-7,17-20,24H,3,8-14H2,1-2H3. The molecule has 0 aromatic heterocycles. The number of methoxy groups -OCH3 is 1. The van der Waals surface area contributed by atoms with E-state index in [4.69, 9.17) is 14.2 Å². The lowest BCUT2D eigenvalue weighted by molar-refractivity contribution is -0.147. The minimum absolute atomic E-state index is 0.00903. The zero-order valence-corrected chi connectivity index (χ0v) is 16.9. The number of benzene rings is 1. The van der Waals surface area contributed by atoms with Gasteiger partial charge in [0.2, 0.25) is 0 Å². The maximum atomic E-state index is 12.6. The van der Waals surface area contributed by atoms with Crippen molar-refractivity contribution >= 4 is 5.97 Å². The zero-order valence-electron chi connectivity index (χ0n) is 16.9. The lowest BCUT2D eigenvalue weighted by Crippen LogP contribution is -2.51. The van der Waals surface area contributed by atoms with E-state index < -0.39 is 0 Å². The van der Waals surface area contributed by atoms with Crippen LogP contribution >= 0.6 is 0 Å². The van der Waals surface area contributed by atoms with Crippen LogP contribution in [0.4, 0.5) is 0 Å². The summed E-state index contributed by atoms with van der Waals surface area (Å²) in [5.41, 5.74) is 1.57. The van der Waals surface area contributed by atoms with E-state index in [-0.39, 0.29) is 29.0 Å². The third-order valence-electron chi connectivity index (χ3n) is 7.93. The van der Waals surface area contributed by atoms with Gasteiger partial charge in [0.25, 0.3) is 0 Å². The van der Waals surface area contributed by atoms with E-state index in [2.05, 4.69) is 24.4 Å². The summed E-state index contributed by atoms with van der Waals surface area (Å²) in [6, 6.07) is 8.06. The maximum Gasteiger partial charge on any atom is 0.310 e. The molecule has 2 heterocycles. The predicted octanol–water partition coefficient (Wildman–Crippen LogP) is 3.31. The maximum absolute atomic E-state index is 12.6. The van der Waals surface area contributed by atoms with Crippen LogP contribution in [0.2, 0.25) is 0 Å². The number of hydrogen-bond acceptors (Lipinski definition) is 5. The molecule has 28 heavy (non-hydrogen) atoms. The lowest BCUT2D eigenvalue weighted by atomic mass is 9.53. The predicted molar refractivity (Wildman–Crippen MR) is 105 cm³/mol. The van der Waals surface area contributed by atoms with E-state index in [1.165, 1.54) is 24.8 Å². The fourth-order valence-corrected chi connectivity index (χ4v) is 6.31. The Balaban J connectivity index is 1.24. The first-order chi connectivity index (χ1) is 13.5. The first-order valence-electron chi connectivity index (χ1n) is 10.7. The van der Waals surface area contributed by atoms with E-state index in [1.54, 1.807) is 7.11 Å². The number of carbonyl (C=O) groups excluding carboxylic acids is 1. The van der Waals surface area contributed by atoms with Crippen LogP contribution in [0.15, 0.2) is 24.3 Å². The van der Waals surface area contributed by atoms with Crippen molar-refractivity contribution in [1.82, 2.24) is 5.32 Å². The fraction of sp³-hybridized carbons (Fsp3) is 0.696. The monoisotopic (exact) mass is 385 g/mol. The molecule has 2 saturated heterocycles. The fourth-order valence-electron chi connectivity index (χ4n) is 6.31. The smallest absolute Gasteiger partial charge is 0.310 e. The molecule has 1 aromatic rings. The minimum Gasteiger partial charge on any atom is -0.497 e. The summed E-state index contributed by atoms with van der Waals surface area (Å²) in [6.07, 6.45) is 5.85. The van der Waals surface area contributed by atoms with Crippen LogP contribution in [-0.2, 0) is 20.8 Å². The Labute approximate surface area is 167 Å². The normalized spacial score (nSPS) is 41.3. The number of fused-ring (bicyclic) bond motifs is 3. The van der Waals surface area contributed by atoms with Crippen LogP contribution in [0.5, 0.6) is 5.75 Å². The molecule has 6 unspecified atom stereocenters. The SMILES string of the molecule is COc1ccc(CNCC2C(=O)OC3CC4(C)CCCC5(CO5)C4CC32)cc1. The summed E-state index contributed by atoms with van der Waals surface area (Å²) in [4.78, 5) is 12.6. The number of nitrogens with one attached hydrogen (secondary N) is 1. The summed E-state index contributed by atoms with van der Waals surface area (Å²) in [5.74, 6) is 1.72. The van der Waals surface area contributed by atoms with Gasteiger partial charge < -0.3 is 19.5 Å². The van der Waals surface area contributed by atoms with Gasteiger partial charge in [0.15, 0.2) is 0 Å². The molecule has 4 aliphatic rings. The minimum atomic E-state index is -0.0366. The van der Waals surface area contributed by atoms with Crippen molar-refractivity contribution in [2.24, 2.45) is 23.2 Å². The third-order valence-corrected chi connectivity index (χ3v) is 7.93. The van der Waals surface area contributed by atoms with Crippen LogP contribution in [0, 0.1) is 23.2 Å². The molecule has 2 aliphatic carbocycles. The molecule has 5 rings (SSSR count). The Kier molecular flexibility index (Phi) is 4.44. The molecule has 152 valence electrons. The first-order valence-corrected chi connectivity index (χ1v) is 10.7. The summed E-state index contributed by atoms with van der Waals surface area (Å²) >= 11 is 0. The highest BCUT2D eigenvalue weighted by Crippen LogP contribution is 2.62. The lowest BCUT2D eigenvalue weighted by Gasteiger charge is -2.51. The molecular formula is C23H31NO4. The summed E-state index contributed by atoms with van der Waals surface area (Å²) < 4.78 is 17.1. The molecule has 5 heteroatoms. The number of esters is 1. The van der Waals surface area contributed by atoms with Crippen LogP contribution < -0.4 is 10.1 Å². The Bertz CT molecular complexity index is 743. The molecule has 1 spiro atoms. The number of epoxide rings is 1. The van der Waals surface area contributed by atoms with Crippen molar-refractivity contribution in [2.45, 2.75) is 57.3 Å². The van der Waals surface area contributed by atoms with E-state index in [0.29, 0.717) is 18.4 Å². The van der Waals surface area contributed by atoms with Gasteiger partial charge in [-0.1, -0.05) is 19.1 Å². The Hall–Kier alpha value is -1.59. The van der Waals surface area contributed by atoms with Crippen LogP contribution in [0.1, 0.15) is 44.6 Å². The largest absolute Gasteiger partial charge is 0.497 e. The van der Waals surface area contributed by atoms with E-state index >= 15 is 0 Å². The van der Waals surface area contributed by atoms with Gasteiger partial charge in [-0.2, -0.15) is 0 Å². The molecule has 0 bridgehead atoms. The van der Waals surface area contributed by atoms with E-state index in [1.807, 2.05) is 12.1 Å². The zero-order chi connectivity index (χ0) is 19.4. The van der Waals surface area contributed by atoms with Crippen molar-refractivity contribution < 1.29 is 19.0 Å². The summed E-state index contributed by atoms with van der Waals surface area (Å²) in [6.45, 7) is 4.75. The van der Waals surface area contributed by atoms with Crippen molar-refractivity contribution in [3.05, 3.63) is 29.8 Å². The van der Waals surface area contributed by atoms with Crippen molar-refractivity contribution in [1.29, 1.82) is 0 Å². The van der Waals surface area contributed by atoms with Gasteiger partial charge in [-0.15, -0.1) is 0 Å². The highest BCUT2D eigenvalue weighted by atomic mass is 16.6. The number of carbonyl (C=O) groups is 1. The van der Waals surface area contributed by atoms with Gasteiger partial charge in [0, 0.05) is 19.0 Å². The van der Waals surface area contributed by atoms with Crippen LogP contribution in [0.3, 0.4) is 0 Å². The Morgan fingerprint density at radius 3 is 2.75 bits per heavy atom. The summed E-state index contributed by atoms with van der Waals surface area (Å²) in [7, 11) is 1.67. The second-order valence-electron chi connectivity index (χ2n) is 9.58. The molecule has 6 atom stereocenters. The van der Waals surface area contributed by atoms with Gasteiger partial charge >= 0.3 is 5.97 Å². The van der Waals surface area contributed by atoms with Gasteiger partial charge in [0.1, 0.15) is 11.9 Å². The molecule has 5 nitrogen and oxygen atoms in total. The van der Waals surface area contributed by atoms with Crippen molar-refractivity contribution in [3.8, 4) is 5.75 Å². The Morgan fingerprint density at radius 1 is 1.25 bits per heavy atom. The van der Waals surface area contributed by atoms with Gasteiger partial charge in [-0.05, 0) is 61.1 Å². The quantitative estimate of drug-likeness (QED) is 0.622. The van der Waals surface area contributed by atoms with Gasteiger partial charge in [0.05, 0.1) is 25.2 Å². The molecule has 0 amide bonds. The highest BCUT2D eigenvalue weighted by molar-refractivity contribution is 5.75. The average molecular weight is 386 g/mol. The molecular weight excluding hydrogens is 354 g/mol. The topological polar surface area (TPSA) is 60.1 Å². The molecule has 1 aromatic carbocycles. The molecule has 0 radical (unpaired) electrons. The van der Waals surface area contributed by atoms with Crippen LogP contribution in [-0.4, -0.2) is 37.9 Å². The highest BCUT2D eigenvalue weighted by Gasteiger charge is 2.64. The summed E-state index contributed by atoms with van der Waals surface area (Å²) in [5, 5.41) is 3.49. The second kappa shape index (κ2) is 6.74. The van der Waals surface area contributed by atoms with Gasteiger partial charge in [-0.3, -0.25) is 4.79 Å². The average Bonchev–Trinajstić information content (AvgIpc) is 3.39. The number of ether oxygens (including phenoxy) is 3. The Morgan fingerprint density at radius 2 is 2.04 bits per heavy atom. The van der Waals surface area contributed by atoms with E-state index in [0.717, 1.165) is 31.7 Å². The molecule has 1 N–H and O–H groups in total.